The van der Waals surface area contributed by atoms with Crippen LogP contribution in [0.5, 0.6) is 5.75 Å². The smallest absolute Gasteiger partial charge is 0.314 e. The Balaban J connectivity index is 1.07. The normalized spacial score (nSPS) is 18.0. The molecule has 5 atom stereocenters. The molecule has 1 aromatic heterocycles. The first-order valence-electron chi connectivity index (χ1n) is 17.0. The lowest BCUT2D eigenvalue weighted by Crippen LogP contribution is -2.50. The molecule has 0 aliphatic heterocycles. The average molecular weight is 732 g/mol. The molecule has 272 valence electrons. The number of nitrogens with one attached hydrogen (secondary N) is 2. The van der Waals surface area contributed by atoms with E-state index >= 15 is 0 Å². The van der Waals surface area contributed by atoms with Crippen LogP contribution in [0, 0.1) is 0 Å². The van der Waals surface area contributed by atoms with Gasteiger partial charge in [0, 0.05) is 52.3 Å². The zero-order chi connectivity index (χ0) is 35.7. The predicted octanol–water partition coefficient (Wildman–Crippen LogP) is 3.16. The first-order valence-corrected chi connectivity index (χ1v) is 18.7. The van der Waals surface area contributed by atoms with Crippen molar-refractivity contribution in [3.05, 3.63) is 77.1 Å². The van der Waals surface area contributed by atoms with Crippen LogP contribution in [0.1, 0.15) is 56.1 Å². The quantitative estimate of drug-likeness (QED) is 0.0850. The minimum absolute atomic E-state index is 0.257. The Bertz CT molecular complexity index is 1610. The molecule has 2 aromatic carbocycles. The number of urea groups is 1. The summed E-state index contributed by atoms with van der Waals surface area (Å²) in [4.78, 5) is 17.1. The van der Waals surface area contributed by atoms with Gasteiger partial charge in [-0.25, -0.2) is 4.79 Å². The molecule has 2 saturated carbocycles. The first kappa shape index (κ1) is 38.1. The molecule has 0 spiro atoms. The van der Waals surface area contributed by atoms with E-state index in [1.807, 2.05) is 36.5 Å². The molecule has 50 heavy (non-hydrogen) atoms. The Morgan fingerprint density at radius 1 is 0.980 bits per heavy atom. The molecule has 5 rings (SSSR count). The van der Waals surface area contributed by atoms with Gasteiger partial charge < -0.3 is 45.6 Å². The van der Waals surface area contributed by atoms with Gasteiger partial charge >= 0.3 is 6.03 Å². The molecule has 2 fully saturated rings. The number of aromatic nitrogens is 1. The third-order valence-electron chi connectivity index (χ3n) is 8.88. The van der Waals surface area contributed by atoms with Crippen molar-refractivity contribution in [2.24, 2.45) is 0 Å². The summed E-state index contributed by atoms with van der Waals surface area (Å²) in [5, 5.41) is 53.2. The van der Waals surface area contributed by atoms with Crippen molar-refractivity contribution in [2.75, 3.05) is 25.4 Å². The summed E-state index contributed by atoms with van der Waals surface area (Å²) in [6.45, 7) is -0.562. The van der Waals surface area contributed by atoms with Crippen molar-refractivity contribution in [3.63, 3.8) is 0 Å². The summed E-state index contributed by atoms with van der Waals surface area (Å²) in [6, 6.07) is 14.9. The Labute approximate surface area is 299 Å². The van der Waals surface area contributed by atoms with E-state index in [0.29, 0.717) is 41.5 Å². The minimum Gasteiger partial charge on any atom is -0.490 e. The number of carbonyl (C=O) groups excluding carboxylic acids is 1. The summed E-state index contributed by atoms with van der Waals surface area (Å²) in [5.41, 5.74) is 3.34. The number of rotatable bonds is 20. The average Bonchev–Trinajstić information content (AvgIpc) is 4.08. The number of carbonyl (C=O) groups is 1. The maximum Gasteiger partial charge on any atom is 0.314 e. The lowest BCUT2D eigenvalue weighted by atomic mass is 9.96. The summed E-state index contributed by atoms with van der Waals surface area (Å²) in [5.74, 6) is 1.30. The van der Waals surface area contributed by atoms with Crippen LogP contribution in [0.25, 0.3) is 11.1 Å². The number of amides is 2. The van der Waals surface area contributed by atoms with Crippen LogP contribution >= 0.6 is 11.6 Å². The second-order valence-corrected chi connectivity index (χ2v) is 14.8. The molecule has 2 amide bonds. The molecule has 0 bridgehead atoms. The molecule has 3 aromatic rings. The first-order chi connectivity index (χ1) is 24.1. The van der Waals surface area contributed by atoms with E-state index in [2.05, 4.69) is 21.7 Å². The molecule has 7 N–H and O–H groups in total. The Morgan fingerprint density at radius 2 is 1.74 bits per heavy atom. The number of nitrogens with zero attached hydrogens (tertiary/aromatic N) is 1. The van der Waals surface area contributed by atoms with Crippen LogP contribution in [-0.2, 0) is 27.7 Å². The Morgan fingerprint density at radius 3 is 2.48 bits per heavy atom. The number of aliphatic hydroxyl groups is 5. The molecule has 14 heteroatoms. The van der Waals surface area contributed by atoms with Crippen LogP contribution in [0.15, 0.2) is 65.8 Å². The fourth-order valence-electron chi connectivity index (χ4n) is 5.57. The monoisotopic (exact) mass is 731 g/mol. The molecular weight excluding hydrogens is 686 g/mol. The standard InChI is InChI=1S/C36H46ClN3O9S/c37-29-11-10-25(50(47)17-5-1-4-15-39-35(46)40-20-30(42)33(44)34(45)31(43)21-41)18-23(29)22-48-36(13-14-36)28-19-38-16-12-26(28)27-6-2-3-7-32(27)49-24-8-9-24/h2-3,6-7,10-12,16,18-19,24,30-31,33-34,41-45H,1,4-5,8-9,13-15,17,20-22H2,(H2,39,40,46)/t30-,31+,33+,34+,50?/m0/s1. The van der Waals surface area contributed by atoms with Gasteiger partial charge in [0.1, 0.15) is 24.1 Å². The Kier molecular flexibility index (Phi) is 13.6. The highest BCUT2D eigenvalue weighted by Crippen LogP contribution is 2.53. The van der Waals surface area contributed by atoms with Crippen molar-refractivity contribution in [1.82, 2.24) is 15.6 Å². The van der Waals surface area contributed by atoms with Crippen molar-refractivity contribution in [1.29, 1.82) is 0 Å². The van der Waals surface area contributed by atoms with Gasteiger partial charge in [-0.3, -0.25) is 9.19 Å². The largest absolute Gasteiger partial charge is 0.490 e. The molecule has 0 radical (unpaired) electrons. The van der Waals surface area contributed by atoms with E-state index in [1.165, 1.54) is 0 Å². The Hall–Kier alpha value is -3.14. The number of hydrogen-bond donors (Lipinski definition) is 7. The van der Waals surface area contributed by atoms with E-state index in [-0.39, 0.29) is 19.3 Å². The molecular formula is C36H46ClN3O9S. The predicted molar refractivity (Wildman–Crippen MR) is 188 cm³/mol. The van der Waals surface area contributed by atoms with Gasteiger partial charge in [0.2, 0.25) is 0 Å². The van der Waals surface area contributed by atoms with Crippen LogP contribution in [0.4, 0.5) is 4.79 Å². The van der Waals surface area contributed by atoms with Gasteiger partial charge in [-0.2, -0.15) is 0 Å². The fraction of sp³-hybridized carbons (Fsp3) is 0.500. The van der Waals surface area contributed by atoms with Crippen LogP contribution in [0.3, 0.4) is 0 Å². The number of hydrogen-bond acceptors (Lipinski definition) is 10. The third kappa shape index (κ3) is 10.2. The van der Waals surface area contributed by atoms with Crippen LogP contribution in [0.2, 0.25) is 5.02 Å². The molecule has 12 nitrogen and oxygen atoms in total. The van der Waals surface area contributed by atoms with Gasteiger partial charge in [-0.15, -0.1) is 0 Å². The van der Waals surface area contributed by atoms with E-state index in [9.17, 15) is 29.4 Å². The van der Waals surface area contributed by atoms with E-state index in [4.69, 9.17) is 26.2 Å². The van der Waals surface area contributed by atoms with Crippen LogP contribution in [-0.4, -0.2) is 96.7 Å². The second-order valence-electron chi connectivity index (χ2n) is 12.8. The topological polar surface area (TPSA) is 191 Å². The van der Waals surface area contributed by atoms with Gasteiger partial charge in [0.05, 0.1) is 41.8 Å². The van der Waals surface area contributed by atoms with E-state index in [1.54, 1.807) is 18.3 Å². The van der Waals surface area contributed by atoms with E-state index in [0.717, 1.165) is 53.7 Å². The SMILES string of the molecule is O=C(NCCCCCS(=O)c1ccc(Cl)c(COC2(c3cnccc3-c3ccccc3OC3CC3)CC2)c1)NC[C@H](O)[C@@H](O)[C@H](O)[C@H](O)CO. The fourth-order valence-corrected chi connectivity index (χ4v) is 6.94. The minimum atomic E-state index is -1.76. The molecule has 1 unspecified atom stereocenters. The van der Waals surface area contributed by atoms with Crippen molar-refractivity contribution < 1.29 is 44.0 Å². The van der Waals surface area contributed by atoms with Gasteiger partial charge in [-0.1, -0.05) is 36.2 Å². The number of para-hydroxylation sites is 1. The number of aliphatic hydroxyl groups excluding tert-OH is 5. The highest BCUT2D eigenvalue weighted by molar-refractivity contribution is 7.85. The van der Waals surface area contributed by atoms with Crippen molar-refractivity contribution in [3.8, 4) is 16.9 Å². The zero-order valence-electron chi connectivity index (χ0n) is 27.7. The number of halogens is 1. The number of pyridine rings is 1. The van der Waals surface area contributed by atoms with Gasteiger partial charge in [0.15, 0.2) is 0 Å². The highest BCUT2D eigenvalue weighted by atomic mass is 35.5. The molecule has 2 aliphatic carbocycles. The molecule has 1 heterocycles. The summed E-state index contributed by atoms with van der Waals surface area (Å²) in [7, 11) is -1.26. The number of benzene rings is 2. The third-order valence-corrected chi connectivity index (χ3v) is 10.7. The zero-order valence-corrected chi connectivity index (χ0v) is 29.3. The summed E-state index contributed by atoms with van der Waals surface area (Å²) in [6.07, 6.45) is 3.12. The maximum atomic E-state index is 13.1. The van der Waals surface area contributed by atoms with Gasteiger partial charge in [-0.05, 0) is 80.0 Å². The van der Waals surface area contributed by atoms with Gasteiger partial charge in [0.25, 0.3) is 0 Å². The maximum absolute atomic E-state index is 13.1. The molecule has 2 aliphatic rings. The van der Waals surface area contributed by atoms with Crippen molar-refractivity contribution in [2.45, 2.75) is 92.6 Å². The lowest BCUT2D eigenvalue weighted by molar-refractivity contribution is -0.113. The van der Waals surface area contributed by atoms with Crippen LogP contribution < -0.4 is 15.4 Å². The van der Waals surface area contributed by atoms with Crippen molar-refractivity contribution >= 4 is 28.4 Å². The summed E-state index contributed by atoms with van der Waals surface area (Å²) < 4.78 is 25.9. The van der Waals surface area contributed by atoms with E-state index < -0.39 is 53.5 Å². The highest BCUT2D eigenvalue weighted by Gasteiger charge is 2.48. The number of unbranched alkanes of at least 4 members (excludes halogenated alkanes) is 2. The lowest BCUT2D eigenvalue weighted by Gasteiger charge is -2.25. The summed E-state index contributed by atoms with van der Waals surface area (Å²) >= 11 is 6.57. The second kappa shape index (κ2) is 17.9. The molecule has 0 saturated heterocycles. The number of ether oxygens (including phenoxy) is 2.